The monoisotopic (exact) mass is 260 g/mol. The van der Waals surface area contributed by atoms with E-state index in [1.807, 2.05) is 29.2 Å². The van der Waals surface area contributed by atoms with Gasteiger partial charge in [-0.2, -0.15) is 0 Å². The van der Waals surface area contributed by atoms with Crippen molar-refractivity contribution in [3.05, 3.63) is 29.8 Å². The minimum absolute atomic E-state index is 0.145. The molecule has 1 N–H and O–H groups in total. The lowest BCUT2D eigenvalue weighted by molar-refractivity contribution is 0.0775. The highest BCUT2D eigenvalue weighted by molar-refractivity contribution is 5.94. The molecule has 0 saturated carbocycles. The summed E-state index contributed by atoms with van der Waals surface area (Å²) in [5, 5.41) is 3.41. The molecule has 2 heterocycles. The van der Waals surface area contributed by atoms with E-state index in [0.717, 1.165) is 43.9 Å². The highest BCUT2D eigenvalue weighted by Crippen LogP contribution is 2.36. The van der Waals surface area contributed by atoms with Crippen molar-refractivity contribution in [1.29, 1.82) is 0 Å². The summed E-state index contributed by atoms with van der Waals surface area (Å²) in [5.41, 5.74) is 1.09. The smallest absolute Gasteiger partial charge is 0.253 e. The highest BCUT2D eigenvalue weighted by atomic mass is 16.5. The molecule has 1 aromatic rings. The maximum atomic E-state index is 12.5. The van der Waals surface area contributed by atoms with Gasteiger partial charge in [0, 0.05) is 30.6 Å². The molecule has 0 bridgehead atoms. The number of carbonyl (C=O) groups is 1. The Morgan fingerprint density at radius 3 is 2.74 bits per heavy atom. The maximum Gasteiger partial charge on any atom is 0.253 e. The number of hydrogen-bond acceptors (Lipinski definition) is 3. The van der Waals surface area contributed by atoms with Crippen molar-refractivity contribution < 1.29 is 9.53 Å². The summed E-state index contributed by atoms with van der Waals surface area (Å²) in [7, 11) is 1.63. The molecule has 1 atom stereocenters. The topological polar surface area (TPSA) is 41.6 Å². The van der Waals surface area contributed by atoms with E-state index in [2.05, 4.69) is 5.32 Å². The predicted octanol–water partition coefficient (Wildman–Crippen LogP) is 1.52. The van der Waals surface area contributed by atoms with E-state index in [0.29, 0.717) is 5.41 Å². The lowest BCUT2D eigenvalue weighted by atomic mass is 9.86. The Bertz CT molecular complexity index is 464. The molecule has 1 spiro atoms. The largest absolute Gasteiger partial charge is 0.497 e. The van der Waals surface area contributed by atoms with Crippen LogP contribution in [0.25, 0.3) is 0 Å². The molecule has 102 valence electrons. The molecular formula is C15H20N2O2. The number of ether oxygens (including phenoxy) is 1. The average molecular weight is 260 g/mol. The van der Waals surface area contributed by atoms with Crippen LogP contribution in [0.3, 0.4) is 0 Å². The molecule has 2 aliphatic rings. The van der Waals surface area contributed by atoms with E-state index >= 15 is 0 Å². The Morgan fingerprint density at radius 2 is 2.11 bits per heavy atom. The number of amides is 1. The zero-order valence-electron chi connectivity index (χ0n) is 11.3. The van der Waals surface area contributed by atoms with Crippen LogP contribution in [0.5, 0.6) is 5.75 Å². The van der Waals surface area contributed by atoms with Crippen LogP contribution in [-0.4, -0.2) is 44.1 Å². The van der Waals surface area contributed by atoms with Crippen LogP contribution in [0.2, 0.25) is 0 Å². The van der Waals surface area contributed by atoms with E-state index in [4.69, 9.17) is 4.74 Å². The van der Waals surface area contributed by atoms with E-state index in [9.17, 15) is 4.79 Å². The second-order valence-corrected chi connectivity index (χ2v) is 5.63. The van der Waals surface area contributed by atoms with E-state index < -0.39 is 0 Å². The molecule has 0 aromatic heterocycles. The summed E-state index contributed by atoms with van der Waals surface area (Å²) in [4.78, 5) is 14.4. The Labute approximate surface area is 113 Å². The van der Waals surface area contributed by atoms with Gasteiger partial charge >= 0.3 is 0 Å². The Hall–Kier alpha value is -1.55. The third kappa shape index (κ3) is 2.32. The standard InChI is InChI=1S/C15H20N2O2/c1-19-13-4-2-12(3-5-13)14(18)17-9-7-15(11-17)6-8-16-10-15/h2-5,16H,6-11H2,1H3. The van der Waals surface area contributed by atoms with Gasteiger partial charge in [0.2, 0.25) is 0 Å². The second-order valence-electron chi connectivity index (χ2n) is 5.63. The summed E-state index contributed by atoms with van der Waals surface area (Å²) >= 11 is 0. The molecule has 0 aliphatic carbocycles. The van der Waals surface area contributed by atoms with Crippen molar-refractivity contribution in [2.75, 3.05) is 33.3 Å². The van der Waals surface area contributed by atoms with Crippen LogP contribution in [0, 0.1) is 5.41 Å². The first-order chi connectivity index (χ1) is 9.22. The van der Waals surface area contributed by atoms with Gasteiger partial charge in [0.15, 0.2) is 0 Å². The lowest BCUT2D eigenvalue weighted by Crippen LogP contribution is -2.33. The van der Waals surface area contributed by atoms with Crippen LogP contribution in [0.15, 0.2) is 24.3 Å². The fraction of sp³-hybridized carbons (Fsp3) is 0.533. The normalized spacial score (nSPS) is 26.1. The number of nitrogens with one attached hydrogen (secondary N) is 1. The number of nitrogens with zero attached hydrogens (tertiary/aromatic N) is 1. The molecule has 4 heteroatoms. The third-order valence-electron chi connectivity index (χ3n) is 4.39. The lowest BCUT2D eigenvalue weighted by Gasteiger charge is -2.22. The van der Waals surface area contributed by atoms with Gasteiger partial charge in [-0.05, 0) is 43.7 Å². The van der Waals surface area contributed by atoms with Crippen molar-refractivity contribution in [2.45, 2.75) is 12.8 Å². The Morgan fingerprint density at radius 1 is 1.32 bits per heavy atom. The molecule has 3 rings (SSSR count). The fourth-order valence-corrected chi connectivity index (χ4v) is 3.17. The first-order valence-corrected chi connectivity index (χ1v) is 6.87. The molecule has 2 aliphatic heterocycles. The van der Waals surface area contributed by atoms with Crippen molar-refractivity contribution in [3.8, 4) is 5.75 Å². The van der Waals surface area contributed by atoms with Gasteiger partial charge in [0.05, 0.1) is 7.11 Å². The summed E-state index contributed by atoms with van der Waals surface area (Å²) < 4.78 is 5.12. The van der Waals surface area contributed by atoms with Gasteiger partial charge in [-0.15, -0.1) is 0 Å². The summed E-state index contributed by atoms with van der Waals surface area (Å²) in [6.45, 7) is 3.92. The molecule has 0 radical (unpaired) electrons. The van der Waals surface area contributed by atoms with E-state index in [-0.39, 0.29) is 5.91 Å². The molecule has 1 amide bonds. The summed E-state index contributed by atoms with van der Waals surface area (Å²) in [5.74, 6) is 0.931. The van der Waals surface area contributed by atoms with Crippen molar-refractivity contribution in [2.24, 2.45) is 5.41 Å². The van der Waals surface area contributed by atoms with Gasteiger partial charge < -0.3 is 15.0 Å². The molecule has 2 saturated heterocycles. The van der Waals surface area contributed by atoms with Gasteiger partial charge in [-0.3, -0.25) is 4.79 Å². The number of rotatable bonds is 2. The van der Waals surface area contributed by atoms with Gasteiger partial charge in [-0.1, -0.05) is 0 Å². The summed E-state index contributed by atoms with van der Waals surface area (Å²) in [6.07, 6.45) is 2.32. The van der Waals surface area contributed by atoms with E-state index in [1.54, 1.807) is 7.11 Å². The van der Waals surface area contributed by atoms with Crippen LogP contribution in [0.1, 0.15) is 23.2 Å². The molecular weight excluding hydrogens is 240 g/mol. The number of hydrogen-bond donors (Lipinski definition) is 1. The van der Waals surface area contributed by atoms with Crippen molar-refractivity contribution in [3.63, 3.8) is 0 Å². The first kappa shape index (κ1) is 12.5. The first-order valence-electron chi connectivity index (χ1n) is 6.87. The predicted molar refractivity (Wildman–Crippen MR) is 73.4 cm³/mol. The fourth-order valence-electron chi connectivity index (χ4n) is 3.17. The van der Waals surface area contributed by atoms with E-state index in [1.165, 1.54) is 6.42 Å². The molecule has 1 aromatic carbocycles. The quantitative estimate of drug-likeness (QED) is 0.876. The average Bonchev–Trinajstić information content (AvgIpc) is 3.09. The van der Waals surface area contributed by atoms with Crippen LogP contribution < -0.4 is 10.1 Å². The number of likely N-dealkylation sites (tertiary alicyclic amines) is 1. The van der Waals surface area contributed by atoms with Crippen LogP contribution in [0.4, 0.5) is 0 Å². The van der Waals surface area contributed by atoms with Gasteiger partial charge in [0.1, 0.15) is 5.75 Å². The van der Waals surface area contributed by atoms with Crippen molar-refractivity contribution in [1.82, 2.24) is 10.2 Å². The minimum Gasteiger partial charge on any atom is -0.497 e. The zero-order chi connectivity index (χ0) is 13.3. The highest BCUT2D eigenvalue weighted by Gasteiger charge is 2.41. The second kappa shape index (κ2) is 4.85. The number of carbonyl (C=O) groups excluding carboxylic acids is 1. The third-order valence-corrected chi connectivity index (χ3v) is 4.39. The molecule has 19 heavy (non-hydrogen) atoms. The van der Waals surface area contributed by atoms with Gasteiger partial charge in [-0.25, -0.2) is 0 Å². The van der Waals surface area contributed by atoms with Crippen LogP contribution in [-0.2, 0) is 0 Å². The molecule has 2 fully saturated rings. The zero-order valence-corrected chi connectivity index (χ0v) is 11.3. The molecule has 1 unspecified atom stereocenters. The molecule has 4 nitrogen and oxygen atoms in total. The SMILES string of the molecule is COc1ccc(C(=O)N2CCC3(CCNC3)C2)cc1. The summed E-state index contributed by atoms with van der Waals surface area (Å²) in [6, 6.07) is 7.38. The number of benzene rings is 1. The Balaban J connectivity index is 1.70. The minimum atomic E-state index is 0.145. The number of methoxy groups -OCH3 is 1. The maximum absolute atomic E-state index is 12.5. The Kier molecular flexibility index (Phi) is 3.19. The van der Waals surface area contributed by atoms with Crippen LogP contribution >= 0.6 is 0 Å². The van der Waals surface area contributed by atoms with Gasteiger partial charge in [0.25, 0.3) is 5.91 Å². The van der Waals surface area contributed by atoms with Crippen molar-refractivity contribution >= 4 is 5.91 Å².